The Bertz CT molecular complexity index is 359. The summed E-state index contributed by atoms with van der Waals surface area (Å²) < 4.78 is 0. The maximum atomic E-state index is 5.85. The summed E-state index contributed by atoms with van der Waals surface area (Å²) >= 11 is 0. The molecule has 1 fully saturated rings. The molecule has 0 spiro atoms. The molecule has 18 heavy (non-hydrogen) atoms. The van der Waals surface area contributed by atoms with E-state index in [-0.39, 0.29) is 6.04 Å². The standard InChI is InChI=1S/C15H25N3/c1-3-13-5-4-9-18(10-8-13)15-7-6-14(11-17-15)12(2)16/h6-7,11-13H,3-5,8-10,16H2,1-2H3/t12-,13?/m0/s1. The summed E-state index contributed by atoms with van der Waals surface area (Å²) in [4.78, 5) is 6.98. The first-order valence-corrected chi connectivity index (χ1v) is 7.17. The van der Waals surface area contributed by atoms with Crippen LogP contribution in [0, 0.1) is 5.92 Å². The fraction of sp³-hybridized carbons (Fsp3) is 0.667. The third-order valence-electron chi connectivity index (χ3n) is 4.05. The first kappa shape index (κ1) is 13.3. The molecule has 100 valence electrons. The van der Waals surface area contributed by atoms with Crippen molar-refractivity contribution >= 4 is 5.82 Å². The van der Waals surface area contributed by atoms with E-state index in [1.165, 1.54) is 25.7 Å². The normalized spacial score (nSPS) is 22.6. The lowest BCUT2D eigenvalue weighted by atomic mass is 9.98. The second kappa shape index (κ2) is 6.19. The topological polar surface area (TPSA) is 42.1 Å². The first-order valence-electron chi connectivity index (χ1n) is 7.17. The Hall–Kier alpha value is -1.09. The Morgan fingerprint density at radius 2 is 2.22 bits per heavy atom. The van der Waals surface area contributed by atoms with Crippen molar-refractivity contribution in [2.75, 3.05) is 18.0 Å². The largest absolute Gasteiger partial charge is 0.357 e. The smallest absolute Gasteiger partial charge is 0.128 e. The van der Waals surface area contributed by atoms with Gasteiger partial charge in [0.25, 0.3) is 0 Å². The van der Waals surface area contributed by atoms with E-state index in [9.17, 15) is 0 Å². The van der Waals surface area contributed by atoms with Crippen molar-refractivity contribution in [3.63, 3.8) is 0 Å². The zero-order chi connectivity index (χ0) is 13.0. The summed E-state index contributed by atoms with van der Waals surface area (Å²) in [5, 5.41) is 0. The molecular weight excluding hydrogens is 222 g/mol. The summed E-state index contributed by atoms with van der Waals surface area (Å²) in [6.07, 6.45) is 7.18. The Morgan fingerprint density at radius 3 is 2.83 bits per heavy atom. The lowest BCUT2D eigenvalue weighted by Gasteiger charge is -2.22. The number of pyridine rings is 1. The Balaban J connectivity index is 2.02. The minimum atomic E-state index is 0.0696. The fourth-order valence-electron chi connectivity index (χ4n) is 2.66. The zero-order valence-corrected chi connectivity index (χ0v) is 11.6. The first-order chi connectivity index (χ1) is 8.70. The van der Waals surface area contributed by atoms with Crippen molar-refractivity contribution in [2.24, 2.45) is 11.7 Å². The minimum Gasteiger partial charge on any atom is -0.357 e. The maximum Gasteiger partial charge on any atom is 0.128 e. The molecule has 0 aliphatic carbocycles. The van der Waals surface area contributed by atoms with E-state index >= 15 is 0 Å². The van der Waals surface area contributed by atoms with Crippen molar-refractivity contribution in [1.29, 1.82) is 0 Å². The Morgan fingerprint density at radius 1 is 1.39 bits per heavy atom. The number of nitrogens with two attached hydrogens (primary N) is 1. The molecule has 1 aliphatic rings. The zero-order valence-electron chi connectivity index (χ0n) is 11.6. The molecule has 1 aliphatic heterocycles. The molecule has 1 unspecified atom stereocenters. The fourth-order valence-corrected chi connectivity index (χ4v) is 2.66. The molecule has 0 bridgehead atoms. The van der Waals surface area contributed by atoms with Crippen molar-refractivity contribution < 1.29 is 0 Å². The molecule has 2 atom stereocenters. The highest BCUT2D eigenvalue weighted by Crippen LogP contribution is 2.23. The van der Waals surface area contributed by atoms with Crippen LogP contribution in [0.1, 0.15) is 51.1 Å². The van der Waals surface area contributed by atoms with Gasteiger partial charge in [0.15, 0.2) is 0 Å². The summed E-state index contributed by atoms with van der Waals surface area (Å²) in [5.41, 5.74) is 6.96. The van der Waals surface area contributed by atoms with Crippen LogP contribution >= 0.6 is 0 Å². The molecular formula is C15H25N3. The van der Waals surface area contributed by atoms with Crippen LogP contribution in [0.4, 0.5) is 5.82 Å². The monoisotopic (exact) mass is 247 g/mol. The highest BCUT2D eigenvalue weighted by Gasteiger charge is 2.16. The Kier molecular flexibility index (Phi) is 4.59. The van der Waals surface area contributed by atoms with Crippen LogP contribution < -0.4 is 10.6 Å². The lowest BCUT2D eigenvalue weighted by Crippen LogP contribution is -2.25. The van der Waals surface area contributed by atoms with E-state index in [1.54, 1.807) is 0 Å². The van der Waals surface area contributed by atoms with Crippen LogP contribution in [0.25, 0.3) is 0 Å². The third kappa shape index (κ3) is 3.22. The molecule has 2 rings (SSSR count). The molecule has 2 heterocycles. The van der Waals surface area contributed by atoms with Gasteiger partial charge in [0.2, 0.25) is 0 Å². The minimum absolute atomic E-state index is 0.0696. The molecule has 3 heteroatoms. The SMILES string of the molecule is CCC1CCCN(c2ccc([C@H](C)N)cn2)CC1. The number of hydrogen-bond acceptors (Lipinski definition) is 3. The van der Waals surface area contributed by atoms with Crippen molar-refractivity contribution in [3.05, 3.63) is 23.9 Å². The summed E-state index contributed by atoms with van der Waals surface area (Å²) in [5.74, 6) is 2.01. The maximum absolute atomic E-state index is 5.85. The predicted molar refractivity (Wildman–Crippen MR) is 76.7 cm³/mol. The van der Waals surface area contributed by atoms with E-state index < -0.39 is 0 Å². The molecule has 2 N–H and O–H groups in total. The second-order valence-corrected chi connectivity index (χ2v) is 5.43. The van der Waals surface area contributed by atoms with Gasteiger partial charge < -0.3 is 10.6 Å². The molecule has 0 radical (unpaired) electrons. The van der Waals surface area contributed by atoms with Crippen molar-refractivity contribution in [3.8, 4) is 0 Å². The number of rotatable bonds is 3. The van der Waals surface area contributed by atoms with Crippen LogP contribution in [0.2, 0.25) is 0 Å². The molecule has 1 aromatic heterocycles. The quantitative estimate of drug-likeness (QED) is 0.892. The highest BCUT2D eigenvalue weighted by molar-refractivity contribution is 5.39. The van der Waals surface area contributed by atoms with E-state index in [0.29, 0.717) is 0 Å². The molecule has 0 saturated carbocycles. The highest BCUT2D eigenvalue weighted by atomic mass is 15.2. The summed E-state index contributed by atoms with van der Waals surface area (Å²) in [6.45, 7) is 6.58. The third-order valence-corrected chi connectivity index (χ3v) is 4.05. The van der Waals surface area contributed by atoms with Crippen LogP contribution in [-0.2, 0) is 0 Å². The van der Waals surface area contributed by atoms with Gasteiger partial charge in [-0.2, -0.15) is 0 Å². The van der Waals surface area contributed by atoms with Gasteiger partial charge in [-0.05, 0) is 43.7 Å². The van der Waals surface area contributed by atoms with Gasteiger partial charge in [0.05, 0.1) is 0 Å². The lowest BCUT2D eigenvalue weighted by molar-refractivity contribution is 0.459. The van der Waals surface area contributed by atoms with E-state index in [2.05, 4.69) is 28.9 Å². The average molecular weight is 247 g/mol. The van der Waals surface area contributed by atoms with Gasteiger partial charge in [0.1, 0.15) is 5.82 Å². The average Bonchev–Trinajstić information content (AvgIpc) is 2.64. The molecule has 0 amide bonds. The Labute approximate surface area is 110 Å². The van der Waals surface area contributed by atoms with Crippen LogP contribution in [0.5, 0.6) is 0 Å². The van der Waals surface area contributed by atoms with Gasteiger partial charge in [0, 0.05) is 25.3 Å². The number of aromatic nitrogens is 1. The number of nitrogens with zero attached hydrogens (tertiary/aromatic N) is 2. The summed E-state index contributed by atoms with van der Waals surface area (Å²) in [7, 11) is 0. The molecule has 3 nitrogen and oxygen atoms in total. The van der Waals surface area contributed by atoms with Crippen molar-refractivity contribution in [1.82, 2.24) is 4.98 Å². The summed E-state index contributed by atoms with van der Waals surface area (Å²) in [6, 6.07) is 4.29. The van der Waals surface area contributed by atoms with Crippen LogP contribution in [0.15, 0.2) is 18.3 Å². The molecule has 1 saturated heterocycles. The van der Waals surface area contributed by atoms with Gasteiger partial charge in [-0.1, -0.05) is 19.4 Å². The van der Waals surface area contributed by atoms with Gasteiger partial charge in [-0.25, -0.2) is 4.98 Å². The van der Waals surface area contributed by atoms with E-state index in [4.69, 9.17) is 5.73 Å². The number of hydrogen-bond donors (Lipinski definition) is 1. The van der Waals surface area contributed by atoms with Gasteiger partial charge >= 0.3 is 0 Å². The number of anilines is 1. The van der Waals surface area contributed by atoms with Crippen LogP contribution in [0.3, 0.4) is 0 Å². The van der Waals surface area contributed by atoms with Crippen molar-refractivity contribution in [2.45, 2.75) is 45.6 Å². The molecule has 1 aromatic rings. The van der Waals surface area contributed by atoms with Gasteiger partial charge in [-0.15, -0.1) is 0 Å². The second-order valence-electron chi connectivity index (χ2n) is 5.43. The molecule has 0 aromatic carbocycles. The van der Waals surface area contributed by atoms with E-state index in [0.717, 1.165) is 30.4 Å². The van der Waals surface area contributed by atoms with E-state index in [1.807, 2.05) is 13.1 Å². The van der Waals surface area contributed by atoms with Crippen LogP contribution in [-0.4, -0.2) is 18.1 Å². The predicted octanol–water partition coefficient (Wildman–Crippen LogP) is 3.12. The van der Waals surface area contributed by atoms with Gasteiger partial charge in [-0.3, -0.25) is 0 Å².